The lowest BCUT2D eigenvalue weighted by Crippen LogP contribution is -2.14. The molecule has 11 heteroatoms. The monoisotopic (exact) mass is 348 g/mol. The van der Waals surface area contributed by atoms with E-state index in [1.54, 1.807) is 0 Å². The van der Waals surface area contributed by atoms with Crippen LogP contribution in [-0.2, 0) is 20.2 Å². The Morgan fingerprint density at radius 1 is 1.05 bits per heavy atom. The first kappa shape index (κ1) is 16.3. The molecule has 0 aliphatic rings. The number of hydrogen-bond acceptors (Lipinski definition) is 7. The average Bonchev–Trinajstić information content (AvgIpc) is 2.36. The van der Waals surface area contributed by atoms with Gasteiger partial charge in [0.1, 0.15) is 11.6 Å². The highest BCUT2D eigenvalue weighted by atomic mass is 32.2. The summed E-state index contributed by atoms with van der Waals surface area (Å²) in [6.07, 6.45) is 0. The Balaban J connectivity index is 2.63. The maximum Gasteiger partial charge on any atom is 0.294 e. The van der Waals surface area contributed by atoms with E-state index in [2.05, 4.69) is 5.32 Å². The summed E-state index contributed by atoms with van der Waals surface area (Å²) < 4.78 is 61.5. The van der Waals surface area contributed by atoms with E-state index < -0.39 is 36.8 Å². The number of nitrogens with two attached hydrogens (primary N) is 1. The molecule has 0 heterocycles. The molecule has 2 aromatic rings. The van der Waals surface area contributed by atoms with Gasteiger partial charge in [-0.15, -0.1) is 0 Å². The van der Waals surface area contributed by atoms with Crippen molar-refractivity contribution >= 4 is 42.4 Å². The van der Waals surface area contributed by atoms with Gasteiger partial charge in [-0.1, -0.05) is 0 Å². The number of anilines is 2. The summed E-state index contributed by atoms with van der Waals surface area (Å²) in [4.78, 5) is -0.559. The van der Waals surface area contributed by atoms with E-state index in [0.717, 1.165) is 12.1 Å². The molecule has 0 bridgehead atoms. The Kier molecular flexibility index (Phi) is 3.91. The quantitative estimate of drug-likeness (QED) is 0.393. The number of phenols is 1. The Hall–Kier alpha value is -2.08. The highest BCUT2D eigenvalue weighted by Crippen LogP contribution is 2.35. The Morgan fingerprint density at radius 2 is 1.68 bits per heavy atom. The third kappa shape index (κ3) is 3.39. The minimum atomic E-state index is -4.55. The minimum Gasteiger partial charge on any atom is -0.507 e. The molecule has 0 radical (unpaired) electrons. The van der Waals surface area contributed by atoms with Gasteiger partial charge in [0, 0.05) is 16.8 Å². The number of hydrogen-bond donors (Lipinski definition) is 5. The molecular formula is C11H12N2O7S2. The standard InChI is InChI=1S/C11H12N2O7S2/c12-11-8-3-6(22(18,19)20)4-10(14)7(8)1-2-9(11)13-5-21(15,16)17/h1-4,13-14H,5,12H2,(H,15,16,17)(H,18,19,20). The summed E-state index contributed by atoms with van der Waals surface area (Å²) in [7, 11) is -8.84. The van der Waals surface area contributed by atoms with Crippen LogP contribution in [0.15, 0.2) is 29.2 Å². The Labute approximate surface area is 125 Å². The molecule has 0 aliphatic heterocycles. The molecular weight excluding hydrogens is 336 g/mol. The van der Waals surface area contributed by atoms with Gasteiger partial charge in [0.2, 0.25) is 0 Å². The topological polar surface area (TPSA) is 167 Å². The zero-order chi connectivity index (χ0) is 16.7. The van der Waals surface area contributed by atoms with Crippen molar-refractivity contribution in [3.63, 3.8) is 0 Å². The minimum absolute atomic E-state index is 0.0537. The molecule has 22 heavy (non-hydrogen) atoms. The van der Waals surface area contributed by atoms with Crippen LogP contribution in [0.5, 0.6) is 5.75 Å². The molecule has 6 N–H and O–H groups in total. The second kappa shape index (κ2) is 5.28. The summed E-state index contributed by atoms with van der Waals surface area (Å²) >= 11 is 0. The van der Waals surface area contributed by atoms with E-state index in [4.69, 9.17) is 14.8 Å². The van der Waals surface area contributed by atoms with Crippen molar-refractivity contribution in [2.24, 2.45) is 0 Å². The van der Waals surface area contributed by atoms with Crippen molar-refractivity contribution in [2.75, 3.05) is 16.9 Å². The van der Waals surface area contributed by atoms with Crippen LogP contribution in [0.4, 0.5) is 11.4 Å². The number of aromatic hydroxyl groups is 1. The smallest absolute Gasteiger partial charge is 0.294 e. The van der Waals surface area contributed by atoms with E-state index in [0.29, 0.717) is 0 Å². The molecule has 9 nitrogen and oxygen atoms in total. The molecule has 2 rings (SSSR count). The van der Waals surface area contributed by atoms with Gasteiger partial charge < -0.3 is 16.2 Å². The lowest BCUT2D eigenvalue weighted by atomic mass is 10.1. The van der Waals surface area contributed by atoms with Crippen LogP contribution in [0.1, 0.15) is 0 Å². The highest BCUT2D eigenvalue weighted by Gasteiger charge is 2.16. The zero-order valence-electron chi connectivity index (χ0n) is 10.9. The van der Waals surface area contributed by atoms with Crippen LogP contribution in [-0.4, -0.2) is 36.9 Å². The second-order valence-corrected chi connectivity index (χ2v) is 7.32. The molecule has 0 saturated carbocycles. The highest BCUT2D eigenvalue weighted by molar-refractivity contribution is 7.86. The van der Waals surface area contributed by atoms with Gasteiger partial charge in [-0.05, 0) is 18.2 Å². The number of benzene rings is 2. The lowest BCUT2D eigenvalue weighted by Gasteiger charge is -2.12. The summed E-state index contributed by atoms with van der Waals surface area (Å²) in [6.45, 7) is 0. The maximum absolute atomic E-state index is 11.2. The van der Waals surface area contributed by atoms with Crippen molar-refractivity contribution in [2.45, 2.75) is 4.90 Å². The van der Waals surface area contributed by atoms with Crippen molar-refractivity contribution in [1.29, 1.82) is 0 Å². The van der Waals surface area contributed by atoms with E-state index in [1.165, 1.54) is 12.1 Å². The number of nitrogens with one attached hydrogen (secondary N) is 1. The third-order valence-corrected chi connectivity index (χ3v) is 4.21. The molecule has 0 amide bonds. The second-order valence-electron chi connectivity index (χ2n) is 4.44. The molecule has 0 atom stereocenters. The molecule has 0 unspecified atom stereocenters. The van der Waals surface area contributed by atoms with Crippen LogP contribution in [0.3, 0.4) is 0 Å². The van der Waals surface area contributed by atoms with E-state index in [9.17, 15) is 21.9 Å². The Bertz CT molecular complexity index is 952. The fraction of sp³-hybridized carbons (Fsp3) is 0.0909. The number of rotatable bonds is 4. The Morgan fingerprint density at radius 3 is 2.23 bits per heavy atom. The molecule has 0 fully saturated rings. The summed E-state index contributed by atoms with van der Waals surface area (Å²) in [5.41, 5.74) is 5.86. The van der Waals surface area contributed by atoms with Crippen LogP contribution in [0, 0.1) is 0 Å². The number of phenolic OH excluding ortho intramolecular Hbond substituents is 1. The van der Waals surface area contributed by atoms with E-state index in [1.807, 2.05) is 0 Å². The molecule has 0 aromatic heterocycles. The molecule has 120 valence electrons. The fourth-order valence-electron chi connectivity index (χ4n) is 1.88. The summed E-state index contributed by atoms with van der Waals surface area (Å²) in [5.74, 6) is -1.22. The number of nitrogen functional groups attached to an aromatic ring is 1. The van der Waals surface area contributed by atoms with Gasteiger partial charge >= 0.3 is 0 Å². The van der Waals surface area contributed by atoms with Gasteiger partial charge in [-0.25, -0.2) is 0 Å². The predicted molar refractivity (Wildman–Crippen MR) is 79.9 cm³/mol. The first-order valence-electron chi connectivity index (χ1n) is 5.71. The molecule has 2 aromatic carbocycles. The first-order valence-corrected chi connectivity index (χ1v) is 8.76. The molecule has 0 saturated heterocycles. The lowest BCUT2D eigenvalue weighted by molar-refractivity contribution is 0.471. The van der Waals surface area contributed by atoms with Crippen LogP contribution in [0.25, 0.3) is 10.8 Å². The normalized spacial score (nSPS) is 12.5. The average molecular weight is 348 g/mol. The van der Waals surface area contributed by atoms with Crippen molar-refractivity contribution in [3.05, 3.63) is 24.3 Å². The van der Waals surface area contributed by atoms with Gasteiger partial charge in [-0.2, -0.15) is 16.8 Å². The van der Waals surface area contributed by atoms with Crippen molar-refractivity contribution in [3.8, 4) is 5.75 Å². The van der Waals surface area contributed by atoms with Crippen molar-refractivity contribution < 1.29 is 31.0 Å². The van der Waals surface area contributed by atoms with Crippen LogP contribution < -0.4 is 11.1 Å². The molecule has 0 aliphatic carbocycles. The molecule has 0 spiro atoms. The predicted octanol–water partition coefficient (Wildman–Crippen LogP) is 0.631. The summed E-state index contributed by atoms with van der Waals surface area (Å²) in [5, 5.41) is 12.5. The van der Waals surface area contributed by atoms with Crippen molar-refractivity contribution in [1.82, 2.24) is 0 Å². The van der Waals surface area contributed by atoms with Crippen LogP contribution in [0.2, 0.25) is 0 Å². The zero-order valence-corrected chi connectivity index (χ0v) is 12.5. The van der Waals surface area contributed by atoms with Crippen LogP contribution >= 0.6 is 0 Å². The van der Waals surface area contributed by atoms with Gasteiger partial charge in [0.15, 0.2) is 0 Å². The van der Waals surface area contributed by atoms with Gasteiger partial charge in [0.25, 0.3) is 20.2 Å². The largest absolute Gasteiger partial charge is 0.507 e. The SMILES string of the molecule is Nc1c(NCS(=O)(=O)O)ccc2c(O)cc(S(=O)(=O)O)cc12. The first-order chi connectivity index (χ1) is 9.99. The summed E-state index contributed by atoms with van der Waals surface area (Å²) in [6, 6.07) is 4.64. The van der Waals surface area contributed by atoms with Gasteiger partial charge in [0.05, 0.1) is 16.3 Å². The fourth-order valence-corrected chi connectivity index (χ4v) is 2.75. The third-order valence-electron chi connectivity index (χ3n) is 2.87. The van der Waals surface area contributed by atoms with E-state index >= 15 is 0 Å². The maximum atomic E-state index is 11.2. The van der Waals surface area contributed by atoms with E-state index in [-0.39, 0.29) is 22.1 Å². The number of fused-ring (bicyclic) bond motifs is 1. The van der Waals surface area contributed by atoms with Gasteiger partial charge in [-0.3, -0.25) is 9.11 Å².